The van der Waals surface area contributed by atoms with E-state index in [2.05, 4.69) is 450 Å². The van der Waals surface area contributed by atoms with Gasteiger partial charge < -0.3 is 9.80 Å². The summed E-state index contributed by atoms with van der Waals surface area (Å²) in [6, 6.07) is 141. The smallest absolute Gasteiger partial charge is 0.0462 e. The van der Waals surface area contributed by atoms with Crippen molar-refractivity contribution >= 4 is 58.4 Å². The summed E-state index contributed by atoms with van der Waals surface area (Å²) in [5, 5.41) is 0. The normalized spacial score (nSPS) is 11.3. The van der Waals surface area contributed by atoms with Crippen LogP contribution >= 0.6 is 0 Å². The van der Waals surface area contributed by atoms with E-state index >= 15 is 0 Å². The summed E-state index contributed by atoms with van der Waals surface area (Å²) in [4.78, 5) is 4.63. The molecule has 2 heteroatoms. The summed E-state index contributed by atoms with van der Waals surface area (Å²) >= 11 is 0. The summed E-state index contributed by atoms with van der Waals surface area (Å²) in [7, 11) is 0. The molecule has 0 amide bonds. The Bertz CT molecular complexity index is 5210. The van der Waals surface area contributed by atoms with Crippen molar-refractivity contribution in [2.75, 3.05) is 9.80 Å². The molecule has 0 aliphatic heterocycles. The average molecular weight is 1360 g/mol. The van der Waals surface area contributed by atoms with E-state index in [0.29, 0.717) is 0 Å². The maximum absolute atomic E-state index is 2.32. The summed E-state index contributed by atoms with van der Waals surface area (Å²) in [5.74, 6) is 0. The van der Waals surface area contributed by atoms with Gasteiger partial charge in [0.05, 0.1) is 0 Å². The van der Waals surface area contributed by atoms with Gasteiger partial charge in [-0.1, -0.05) is 362 Å². The molecule has 106 heavy (non-hydrogen) atoms. The number of anilines is 6. The monoisotopic (exact) mass is 1360 g/mol. The Morgan fingerprint density at radius 1 is 0.123 bits per heavy atom. The number of benzene rings is 16. The number of hydrogen-bond donors (Lipinski definition) is 0. The maximum Gasteiger partial charge on any atom is 0.0462 e. The van der Waals surface area contributed by atoms with Crippen LogP contribution in [0.15, 0.2) is 388 Å². The minimum absolute atomic E-state index is 1.13. The van der Waals surface area contributed by atoms with Crippen LogP contribution in [0.25, 0.3) is 124 Å². The summed E-state index contributed by atoms with van der Waals surface area (Å²) < 4.78 is 0. The van der Waals surface area contributed by atoms with Crippen LogP contribution in [0.4, 0.5) is 34.1 Å². The Hall–Kier alpha value is -13.4. The second-order valence-electron chi connectivity index (χ2n) is 27.7. The van der Waals surface area contributed by atoms with E-state index in [4.69, 9.17) is 0 Å². The predicted molar refractivity (Wildman–Crippen MR) is 454 cm³/mol. The van der Waals surface area contributed by atoms with Gasteiger partial charge in [-0.3, -0.25) is 0 Å². The zero-order chi connectivity index (χ0) is 71.7. The van der Waals surface area contributed by atoms with Crippen LogP contribution in [0.5, 0.6) is 0 Å². The third-order valence-electron chi connectivity index (χ3n) is 20.3. The Balaban J connectivity index is 0.481. The van der Waals surface area contributed by atoms with Crippen LogP contribution < -0.4 is 9.80 Å². The Labute approximate surface area is 624 Å². The number of hydrogen-bond acceptors (Lipinski definition) is 2. The van der Waals surface area contributed by atoms with E-state index in [9.17, 15) is 0 Å². The highest BCUT2D eigenvalue weighted by molar-refractivity contribution is 5.84. The van der Waals surface area contributed by atoms with E-state index in [0.717, 1.165) is 56.4 Å². The standard InChI is InChI=1S/C104H80N2/c1-73-5-61-99(62-6-73)105(100-63-7-74(2)8-64-100)103-69-57-97(58-70-103)95-53-49-93(50-54-95)91-45-41-89(42-46-91)87-37-33-85(34-38-87)83-29-21-79(22-30-83)15-13-77-17-25-81(26-18-77)82-27-19-78(20-28-82)14-16-80-23-31-84(32-24-80)86-35-39-88(40-36-86)90-43-47-92(48-44-90)94-51-55-96(56-52-94)98-59-71-104(72-60-98)106(101-65-9-75(3)10-66-101)102-67-11-76(4)12-68-102/h5-72H,1-4H3/b15-13+,16-14+. The molecule has 16 aromatic rings. The number of aryl methyl sites for hydroxylation is 4. The molecule has 16 rings (SSSR count). The highest BCUT2D eigenvalue weighted by Crippen LogP contribution is 2.40. The second-order valence-corrected chi connectivity index (χ2v) is 27.7. The van der Waals surface area contributed by atoms with E-state index in [-0.39, 0.29) is 0 Å². The Kier molecular flexibility index (Phi) is 19.4. The molecule has 0 aliphatic carbocycles. The first kappa shape index (κ1) is 67.1. The van der Waals surface area contributed by atoms with Crippen molar-refractivity contribution in [1.82, 2.24) is 0 Å². The van der Waals surface area contributed by atoms with Crippen LogP contribution in [0.3, 0.4) is 0 Å². The van der Waals surface area contributed by atoms with Gasteiger partial charge in [-0.2, -0.15) is 0 Å². The minimum atomic E-state index is 1.13. The summed E-state index contributed by atoms with van der Waals surface area (Å²) in [5.41, 5.74) is 38.0. The molecule has 0 unspecified atom stereocenters. The van der Waals surface area contributed by atoms with Crippen molar-refractivity contribution in [3.05, 3.63) is 433 Å². The zero-order valence-corrected chi connectivity index (χ0v) is 60.2. The molecule has 506 valence electrons. The van der Waals surface area contributed by atoms with Crippen molar-refractivity contribution in [3.8, 4) is 100 Å². The molecule has 0 fully saturated rings. The van der Waals surface area contributed by atoms with E-state index in [1.165, 1.54) is 122 Å². The van der Waals surface area contributed by atoms with Crippen LogP contribution in [0, 0.1) is 27.7 Å². The van der Waals surface area contributed by atoms with Crippen LogP contribution in [0.1, 0.15) is 44.5 Å². The molecular formula is C104H80N2. The van der Waals surface area contributed by atoms with Gasteiger partial charge in [-0.25, -0.2) is 0 Å². The lowest BCUT2D eigenvalue weighted by Crippen LogP contribution is -2.09. The van der Waals surface area contributed by atoms with Gasteiger partial charge >= 0.3 is 0 Å². The number of rotatable bonds is 19. The van der Waals surface area contributed by atoms with Gasteiger partial charge in [0.15, 0.2) is 0 Å². The second kappa shape index (κ2) is 30.7. The molecule has 0 bridgehead atoms. The predicted octanol–water partition coefficient (Wildman–Crippen LogP) is 29.2. The molecule has 0 atom stereocenters. The van der Waals surface area contributed by atoms with Crippen molar-refractivity contribution in [2.45, 2.75) is 27.7 Å². The lowest BCUT2D eigenvalue weighted by atomic mass is 9.96. The topological polar surface area (TPSA) is 6.48 Å². The third-order valence-corrected chi connectivity index (χ3v) is 20.3. The molecular weight excluding hydrogens is 1280 g/mol. The molecule has 0 radical (unpaired) electrons. The fourth-order valence-corrected chi connectivity index (χ4v) is 13.9. The Morgan fingerprint density at radius 3 is 0.340 bits per heavy atom. The largest absolute Gasteiger partial charge is 0.311 e. The molecule has 0 aliphatic rings. The molecule has 0 heterocycles. The van der Waals surface area contributed by atoms with Crippen LogP contribution in [0.2, 0.25) is 0 Å². The van der Waals surface area contributed by atoms with E-state index < -0.39 is 0 Å². The third kappa shape index (κ3) is 15.5. The van der Waals surface area contributed by atoms with Crippen LogP contribution in [-0.2, 0) is 0 Å². The van der Waals surface area contributed by atoms with Gasteiger partial charge in [0.1, 0.15) is 0 Å². The quantitative estimate of drug-likeness (QED) is 0.0745. The van der Waals surface area contributed by atoms with Crippen molar-refractivity contribution in [1.29, 1.82) is 0 Å². The molecule has 16 aromatic carbocycles. The Morgan fingerprint density at radius 2 is 0.217 bits per heavy atom. The van der Waals surface area contributed by atoms with Gasteiger partial charge in [0, 0.05) is 34.1 Å². The van der Waals surface area contributed by atoms with Gasteiger partial charge in [-0.05, 0) is 223 Å². The van der Waals surface area contributed by atoms with Gasteiger partial charge in [0.25, 0.3) is 0 Å². The summed E-state index contributed by atoms with van der Waals surface area (Å²) in [6.45, 7) is 8.52. The molecule has 0 N–H and O–H groups in total. The minimum Gasteiger partial charge on any atom is -0.311 e. The molecule has 0 saturated carbocycles. The highest BCUT2D eigenvalue weighted by atomic mass is 15.1. The fourth-order valence-electron chi connectivity index (χ4n) is 13.9. The molecule has 0 aromatic heterocycles. The van der Waals surface area contributed by atoms with Crippen LogP contribution in [-0.4, -0.2) is 0 Å². The zero-order valence-electron chi connectivity index (χ0n) is 60.2. The highest BCUT2D eigenvalue weighted by Gasteiger charge is 2.16. The van der Waals surface area contributed by atoms with Crippen molar-refractivity contribution in [3.63, 3.8) is 0 Å². The first-order valence-corrected chi connectivity index (χ1v) is 36.6. The summed E-state index contributed by atoms with van der Waals surface area (Å²) in [6.07, 6.45) is 8.75. The lowest BCUT2D eigenvalue weighted by molar-refractivity contribution is 1.27. The average Bonchev–Trinajstić information content (AvgIpc) is 0.849. The van der Waals surface area contributed by atoms with Crippen molar-refractivity contribution < 1.29 is 0 Å². The first-order chi connectivity index (χ1) is 52.1. The number of nitrogens with zero attached hydrogens (tertiary/aromatic N) is 2. The SMILES string of the molecule is Cc1ccc(N(c2ccc(C)cc2)c2ccc(-c3ccc(-c4ccc(-c5ccc(-c6ccc(/C=C/c7ccc(-c8ccc(/C=C/c9ccc(-c%10ccc(-c%11ccc(-c%12ccc(-c%13ccc(N(c%14ccc(C)cc%14)c%14ccc(C)cc%14)cc%13)cc%12)cc%11)cc%10)cc9)cc8)cc7)cc6)cc5)cc4)cc3)cc2)cc1. The molecule has 0 saturated heterocycles. The first-order valence-electron chi connectivity index (χ1n) is 36.6. The molecule has 0 spiro atoms. The van der Waals surface area contributed by atoms with E-state index in [1.54, 1.807) is 0 Å². The maximum atomic E-state index is 2.32. The van der Waals surface area contributed by atoms with Crippen molar-refractivity contribution in [2.24, 2.45) is 0 Å². The van der Waals surface area contributed by atoms with E-state index in [1.807, 2.05) is 0 Å². The fraction of sp³-hybridized carbons (Fsp3) is 0.0385. The lowest BCUT2D eigenvalue weighted by Gasteiger charge is -2.26. The van der Waals surface area contributed by atoms with Gasteiger partial charge in [-0.15, -0.1) is 0 Å². The molecule has 2 nitrogen and oxygen atoms in total. The van der Waals surface area contributed by atoms with Gasteiger partial charge in [0.2, 0.25) is 0 Å².